The van der Waals surface area contributed by atoms with Crippen LogP contribution in [0.2, 0.25) is 0 Å². The first-order valence-electron chi connectivity index (χ1n) is 4.81. The van der Waals surface area contributed by atoms with Gasteiger partial charge in [-0.25, -0.2) is 0 Å². The molecule has 2 nitrogen and oxygen atoms in total. The van der Waals surface area contributed by atoms with Gasteiger partial charge in [-0.3, -0.25) is 0 Å². The average molecular weight is 239 g/mol. The van der Waals surface area contributed by atoms with Crippen LogP contribution in [0.3, 0.4) is 0 Å². The van der Waals surface area contributed by atoms with E-state index in [1.807, 2.05) is 0 Å². The Morgan fingerprint density at radius 1 is 1.20 bits per heavy atom. The van der Waals surface area contributed by atoms with Gasteiger partial charge in [0.15, 0.2) is 0 Å². The number of hydrogen-bond donors (Lipinski definition) is 0. The van der Waals surface area contributed by atoms with Crippen molar-refractivity contribution in [1.29, 1.82) is 0 Å². The molecule has 0 saturated carbocycles. The maximum atomic E-state index is 5.68. The standard InChI is InChI=1S/C11H11ClN2S/c1-2-8-3-5-9(6-4-8)11-14-13-10(7-12)15-11/h3-6H,2,7H2,1H3. The van der Waals surface area contributed by atoms with E-state index in [1.54, 1.807) is 11.3 Å². The van der Waals surface area contributed by atoms with Gasteiger partial charge in [-0.2, -0.15) is 0 Å². The molecule has 0 aliphatic rings. The minimum absolute atomic E-state index is 0.435. The Kier molecular flexibility index (Phi) is 3.34. The highest BCUT2D eigenvalue weighted by Gasteiger charge is 2.05. The summed E-state index contributed by atoms with van der Waals surface area (Å²) < 4.78 is 0. The largest absolute Gasteiger partial charge is 0.147 e. The lowest BCUT2D eigenvalue weighted by atomic mass is 10.1. The van der Waals surface area contributed by atoms with Crippen LogP contribution in [-0.2, 0) is 12.3 Å². The van der Waals surface area contributed by atoms with Crippen molar-refractivity contribution in [3.05, 3.63) is 34.8 Å². The van der Waals surface area contributed by atoms with Gasteiger partial charge in [-0.1, -0.05) is 42.5 Å². The molecule has 0 spiro atoms. The van der Waals surface area contributed by atoms with E-state index in [-0.39, 0.29) is 0 Å². The molecule has 1 aromatic carbocycles. The smallest absolute Gasteiger partial charge is 0.142 e. The summed E-state index contributed by atoms with van der Waals surface area (Å²) in [5.74, 6) is 0.435. The lowest BCUT2D eigenvalue weighted by Gasteiger charge is -1.97. The molecule has 4 heteroatoms. The van der Waals surface area contributed by atoms with E-state index < -0.39 is 0 Å². The molecule has 2 aromatic rings. The molecule has 15 heavy (non-hydrogen) atoms. The molecule has 0 unspecified atom stereocenters. The van der Waals surface area contributed by atoms with E-state index in [0.717, 1.165) is 22.0 Å². The van der Waals surface area contributed by atoms with Gasteiger partial charge < -0.3 is 0 Å². The fourth-order valence-electron chi connectivity index (χ4n) is 1.31. The predicted octanol–water partition coefficient (Wildman–Crippen LogP) is 3.51. The predicted molar refractivity (Wildman–Crippen MR) is 64.3 cm³/mol. The Labute approximate surface area is 97.9 Å². The molecule has 0 aliphatic heterocycles. The normalized spacial score (nSPS) is 10.5. The fourth-order valence-corrected chi connectivity index (χ4v) is 2.22. The van der Waals surface area contributed by atoms with Crippen molar-refractivity contribution in [2.45, 2.75) is 19.2 Å². The summed E-state index contributed by atoms with van der Waals surface area (Å²) in [5.41, 5.74) is 2.45. The van der Waals surface area contributed by atoms with Crippen LogP contribution in [0, 0.1) is 0 Å². The van der Waals surface area contributed by atoms with Crippen molar-refractivity contribution in [3.63, 3.8) is 0 Å². The highest BCUT2D eigenvalue weighted by molar-refractivity contribution is 7.14. The van der Waals surface area contributed by atoms with Crippen LogP contribution >= 0.6 is 22.9 Å². The Hall–Kier alpha value is -0.930. The number of alkyl halides is 1. The number of nitrogens with zero attached hydrogens (tertiary/aromatic N) is 2. The zero-order valence-corrected chi connectivity index (χ0v) is 9.98. The van der Waals surface area contributed by atoms with Gasteiger partial charge in [0, 0.05) is 5.56 Å². The average Bonchev–Trinajstić information content (AvgIpc) is 2.78. The topological polar surface area (TPSA) is 25.8 Å². The van der Waals surface area contributed by atoms with Crippen molar-refractivity contribution < 1.29 is 0 Å². The highest BCUT2D eigenvalue weighted by Crippen LogP contribution is 2.24. The summed E-state index contributed by atoms with van der Waals surface area (Å²) in [6.45, 7) is 2.14. The third-order valence-corrected chi connectivity index (χ3v) is 3.57. The van der Waals surface area contributed by atoms with Crippen LogP contribution < -0.4 is 0 Å². The van der Waals surface area contributed by atoms with Crippen LogP contribution in [0.25, 0.3) is 10.6 Å². The lowest BCUT2D eigenvalue weighted by Crippen LogP contribution is -1.80. The quantitative estimate of drug-likeness (QED) is 0.765. The van der Waals surface area contributed by atoms with Crippen LogP contribution in [0.15, 0.2) is 24.3 Å². The minimum atomic E-state index is 0.435. The number of rotatable bonds is 3. The number of aromatic nitrogens is 2. The molecule has 0 N–H and O–H groups in total. The second kappa shape index (κ2) is 4.73. The van der Waals surface area contributed by atoms with Gasteiger partial charge in [0.25, 0.3) is 0 Å². The minimum Gasteiger partial charge on any atom is -0.142 e. The molecule has 0 atom stereocenters. The number of halogens is 1. The Morgan fingerprint density at radius 3 is 2.47 bits per heavy atom. The van der Waals surface area contributed by atoms with E-state index >= 15 is 0 Å². The summed E-state index contributed by atoms with van der Waals surface area (Å²) in [4.78, 5) is 0. The van der Waals surface area contributed by atoms with Crippen molar-refractivity contribution >= 4 is 22.9 Å². The summed E-state index contributed by atoms with van der Waals surface area (Å²) in [6.07, 6.45) is 1.06. The van der Waals surface area contributed by atoms with E-state index in [0.29, 0.717) is 5.88 Å². The Balaban J connectivity index is 2.28. The molecular formula is C11H11ClN2S. The molecule has 0 fully saturated rings. The first kappa shape index (κ1) is 10.6. The van der Waals surface area contributed by atoms with Crippen LogP contribution in [0.4, 0.5) is 0 Å². The number of hydrogen-bond acceptors (Lipinski definition) is 3. The molecule has 0 aliphatic carbocycles. The van der Waals surface area contributed by atoms with Crippen LogP contribution in [0.5, 0.6) is 0 Å². The molecule has 0 radical (unpaired) electrons. The monoisotopic (exact) mass is 238 g/mol. The fraction of sp³-hybridized carbons (Fsp3) is 0.273. The lowest BCUT2D eigenvalue weighted by molar-refractivity contribution is 1.04. The molecule has 1 aromatic heterocycles. The third kappa shape index (κ3) is 2.36. The Morgan fingerprint density at radius 2 is 1.93 bits per heavy atom. The number of aryl methyl sites for hydroxylation is 1. The summed E-state index contributed by atoms with van der Waals surface area (Å²) in [5, 5.41) is 9.89. The zero-order chi connectivity index (χ0) is 10.7. The van der Waals surface area contributed by atoms with E-state index in [2.05, 4.69) is 41.4 Å². The van der Waals surface area contributed by atoms with Gasteiger partial charge in [-0.05, 0) is 12.0 Å². The molecule has 0 amide bonds. The molecule has 1 heterocycles. The molecular weight excluding hydrogens is 228 g/mol. The van der Waals surface area contributed by atoms with Gasteiger partial charge in [0.1, 0.15) is 10.0 Å². The summed E-state index contributed by atoms with van der Waals surface area (Å²) in [7, 11) is 0. The van der Waals surface area contributed by atoms with E-state index in [1.165, 1.54) is 5.56 Å². The van der Waals surface area contributed by atoms with Gasteiger partial charge in [-0.15, -0.1) is 21.8 Å². The van der Waals surface area contributed by atoms with Gasteiger partial charge >= 0.3 is 0 Å². The molecule has 78 valence electrons. The van der Waals surface area contributed by atoms with Crippen LogP contribution in [-0.4, -0.2) is 10.2 Å². The molecule has 0 bridgehead atoms. The van der Waals surface area contributed by atoms with E-state index in [9.17, 15) is 0 Å². The highest BCUT2D eigenvalue weighted by atomic mass is 35.5. The first-order valence-corrected chi connectivity index (χ1v) is 6.16. The van der Waals surface area contributed by atoms with Crippen LogP contribution in [0.1, 0.15) is 17.5 Å². The second-order valence-electron chi connectivity index (χ2n) is 3.19. The van der Waals surface area contributed by atoms with Gasteiger partial charge in [0.05, 0.1) is 5.88 Å². The molecule has 0 saturated heterocycles. The second-order valence-corrected chi connectivity index (χ2v) is 4.51. The summed E-state index contributed by atoms with van der Waals surface area (Å²) in [6, 6.07) is 8.41. The molecule has 2 rings (SSSR count). The number of benzene rings is 1. The van der Waals surface area contributed by atoms with Gasteiger partial charge in [0.2, 0.25) is 0 Å². The van der Waals surface area contributed by atoms with E-state index in [4.69, 9.17) is 11.6 Å². The maximum Gasteiger partial charge on any atom is 0.147 e. The SMILES string of the molecule is CCc1ccc(-c2nnc(CCl)s2)cc1. The third-order valence-electron chi connectivity index (χ3n) is 2.19. The maximum absolute atomic E-state index is 5.68. The van der Waals surface area contributed by atoms with Crippen molar-refractivity contribution in [1.82, 2.24) is 10.2 Å². The van der Waals surface area contributed by atoms with Crippen molar-refractivity contribution in [3.8, 4) is 10.6 Å². The summed E-state index contributed by atoms with van der Waals surface area (Å²) >= 11 is 7.23. The zero-order valence-electron chi connectivity index (χ0n) is 8.40. The van der Waals surface area contributed by atoms with Crippen molar-refractivity contribution in [2.75, 3.05) is 0 Å². The first-order chi connectivity index (χ1) is 7.33. The van der Waals surface area contributed by atoms with Crippen molar-refractivity contribution in [2.24, 2.45) is 0 Å². The Bertz CT molecular complexity index is 436.